The van der Waals surface area contributed by atoms with E-state index in [1.165, 1.54) is 5.56 Å². The van der Waals surface area contributed by atoms with Gasteiger partial charge < -0.3 is 19.3 Å². The maximum Gasteiger partial charge on any atom is 0.322 e. The molecule has 0 bridgehead atoms. The van der Waals surface area contributed by atoms with Crippen LogP contribution >= 0.6 is 0 Å². The Balaban J connectivity index is 1.77. The molecule has 1 N–H and O–H groups in total. The first-order valence-electron chi connectivity index (χ1n) is 7.55. The van der Waals surface area contributed by atoms with Crippen LogP contribution in [0.1, 0.15) is 11.1 Å². The number of anilines is 1. The predicted molar refractivity (Wildman–Crippen MR) is 91.3 cm³/mol. The van der Waals surface area contributed by atoms with Gasteiger partial charge in [0.05, 0.1) is 19.8 Å². The van der Waals surface area contributed by atoms with Crippen molar-refractivity contribution in [2.75, 3.05) is 19.5 Å². The first-order valence-corrected chi connectivity index (χ1v) is 7.55. The third kappa shape index (κ3) is 3.32. The largest absolute Gasteiger partial charge is 0.493 e. The first kappa shape index (κ1) is 15.9. The number of aromatic nitrogens is 2. The average Bonchev–Trinajstić information content (AvgIpc) is 3.09. The van der Waals surface area contributed by atoms with Crippen LogP contribution in [-0.4, -0.2) is 24.4 Å². The maximum atomic E-state index is 5.40. The van der Waals surface area contributed by atoms with Gasteiger partial charge in [0, 0.05) is 6.54 Å². The second-order valence-corrected chi connectivity index (χ2v) is 5.30. The van der Waals surface area contributed by atoms with E-state index in [9.17, 15) is 0 Å². The number of benzene rings is 2. The van der Waals surface area contributed by atoms with E-state index in [0.29, 0.717) is 35.4 Å². The molecule has 24 heavy (non-hydrogen) atoms. The minimum atomic E-state index is 0.357. The van der Waals surface area contributed by atoms with Crippen LogP contribution in [0, 0.1) is 6.92 Å². The van der Waals surface area contributed by atoms with Crippen molar-refractivity contribution in [3.8, 4) is 22.9 Å². The van der Waals surface area contributed by atoms with E-state index >= 15 is 0 Å². The minimum absolute atomic E-state index is 0.357. The van der Waals surface area contributed by atoms with Gasteiger partial charge in [0.25, 0.3) is 0 Å². The molecule has 124 valence electrons. The number of para-hydroxylation sites is 1. The summed E-state index contributed by atoms with van der Waals surface area (Å²) in [5.74, 6) is 1.64. The van der Waals surface area contributed by atoms with Gasteiger partial charge in [0.15, 0.2) is 11.5 Å². The van der Waals surface area contributed by atoms with Crippen molar-refractivity contribution < 1.29 is 14.0 Å². The van der Waals surface area contributed by atoms with E-state index in [2.05, 4.69) is 46.6 Å². The average molecular weight is 325 g/mol. The van der Waals surface area contributed by atoms with E-state index in [4.69, 9.17) is 14.0 Å². The number of methoxy groups -OCH3 is 2. The van der Waals surface area contributed by atoms with E-state index in [1.54, 1.807) is 14.2 Å². The van der Waals surface area contributed by atoms with Crippen molar-refractivity contribution in [3.63, 3.8) is 0 Å². The molecule has 0 aliphatic carbocycles. The third-order valence-electron chi connectivity index (χ3n) is 3.63. The van der Waals surface area contributed by atoms with Crippen molar-refractivity contribution >= 4 is 6.01 Å². The molecule has 0 saturated carbocycles. The molecule has 0 atom stereocenters. The minimum Gasteiger partial charge on any atom is -0.493 e. The summed E-state index contributed by atoms with van der Waals surface area (Å²) in [6.45, 7) is 2.67. The molecule has 0 fully saturated rings. The summed E-state index contributed by atoms with van der Waals surface area (Å²) >= 11 is 0. The summed E-state index contributed by atoms with van der Waals surface area (Å²) in [5, 5.41) is 7.14. The molecule has 0 spiro atoms. The topological polar surface area (TPSA) is 69.4 Å². The van der Waals surface area contributed by atoms with E-state index < -0.39 is 0 Å². The molecule has 1 heterocycles. The molecule has 0 aliphatic heterocycles. The highest BCUT2D eigenvalue weighted by Gasteiger charge is 2.16. The molecule has 6 heteroatoms. The molecule has 3 rings (SSSR count). The lowest BCUT2D eigenvalue weighted by atomic mass is 10.1. The summed E-state index contributed by atoms with van der Waals surface area (Å²) in [6.07, 6.45) is 0. The molecule has 1 aromatic heterocycles. The van der Waals surface area contributed by atoms with Gasteiger partial charge in [-0.1, -0.05) is 41.1 Å². The molecular weight excluding hydrogens is 306 g/mol. The van der Waals surface area contributed by atoms with Crippen molar-refractivity contribution in [2.45, 2.75) is 13.5 Å². The predicted octanol–water partition coefficient (Wildman–Crippen LogP) is 3.67. The molecular formula is C18H19N3O3. The summed E-state index contributed by atoms with van der Waals surface area (Å²) in [5.41, 5.74) is 3.08. The van der Waals surface area contributed by atoms with E-state index in [-0.39, 0.29) is 0 Å². The highest BCUT2D eigenvalue weighted by atomic mass is 16.5. The van der Waals surface area contributed by atoms with Crippen LogP contribution in [0.2, 0.25) is 0 Å². The van der Waals surface area contributed by atoms with Gasteiger partial charge in [0.2, 0.25) is 5.82 Å². The Morgan fingerprint density at radius 1 is 1.04 bits per heavy atom. The van der Waals surface area contributed by atoms with Crippen LogP contribution in [0.4, 0.5) is 6.01 Å². The van der Waals surface area contributed by atoms with Gasteiger partial charge in [-0.3, -0.25) is 0 Å². The van der Waals surface area contributed by atoms with Crippen LogP contribution in [0.5, 0.6) is 11.5 Å². The molecule has 0 amide bonds. The van der Waals surface area contributed by atoms with Crippen LogP contribution < -0.4 is 14.8 Å². The van der Waals surface area contributed by atoms with Crippen molar-refractivity contribution in [2.24, 2.45) is 0 Å². The van der Waals surface area contributed by atoms with E-state index in [1.807, 2.05) is 18.2 Å². The van der Waals surface area contributed by atoms with Gasteiger partial charge in [-0.15, -0.1) is 0 Å². The zero-order chi connectivity index (χ0) is 16.9. The third-order valence-corrected chi connectivity index (χ3v) is 3.63. The molecule has 0 saturated heterocycles. The Morgan fingerprint density at radius 2 is 1.83 bits per heavy atom. The summed E-state index contributed by atoms with van der Waals surface area (Å²) < 4.78 is 16.0. The molecule has 2 aromatic carbocycles. The first-order chi connectivity index (χ1) is 11.7. The SMILES string of the molecule is COc1cccc(-c2noc(NCc3ccc(C)cc3)n2)c1OC. The number of nitrogens with one attached hydrogen (secondary N) is 1. The van der Waals surface area contributed by atoms with Gasteiger partial charge in [-0.2, -0.15) is 4.98 Å². The van der Waals surface area contributed by atoms with Crippen LogP contribution in [0.15, 0.2) is 47.0 Å². The highest BCUT2D eigenvalue weighted by Crippen LogP contribution is 2.36. The fraction of sp³-hybridized carbons (Fsp3) is 0.222. The molecule has 0 radical (unpaired) electrons. The number of ether oxygens (including phenoxy) is 2. The summed E-state index contributed by atoms with van der Waals surface area (Å²) in [4.78, 5) is 4.37. The van der Waals surface area contributed by atoms with Crippen molar-refractivity contribution in [3.05, 3.63) is 53.6 Å². The molecule has 0 aliphatic rings. The second kappa shape index (κ2) is 7.04. The van der Waals surface area contributed by atoms with E-state index in [0.717, 1.165) is 5.56 Å². The van der Waals surface area contributed by atoms with Gasteiger partial charge >= 0.3 is 6.01 Å². The quantitative estimate of drug-likeness (QED) is 0.745. The smallest absolute Gasteiger partial charge is 0.322 e. The zero-order valence-corrected chi connectivity index (χ0v) is 13.9. The fourth-order valence-corrected chi connectivity index (χ4v) is 2.35. The highest BCUT2D eigenvalue weighted by molar-refractivity contribution is 5.68. The maximum absolute atomic E-state index is 5.40. The Labute approximate surface area is 140 Å². The number of hydrogen-bond donors (Lipinski definition) is 1. The normalized spacial score (nSPS) is 10.5. The number of rotatable bonds is 6. The molecule has 6 nitrogen and oxygen atoms in total. The summed E-state index contributed by atoms with van der Waals surface area (Å²) in [6, 6.07) is 14.1. The van der Waals surface area contributed by atoms with Gasteiger partial charge in [-0.25, -0.2) is 0 Å². The number of hydrogen-bond acceptors (Lipinski definition) is 6. The zero-order valence-electron chi connectivity index (χ0n) is 13.9. The van der Waals surface area contributed by atoms with Crippen LogP contribution in [0.3, 0.4) is 0 Å². The lowest BCUT2D eigenvalue weighted by Gasteiger charge is -2.09. The lowest BCUT2D eigenvalue weighted by molar-refractivity contribution is 0.355. The van der Waals surface area contributed by atoms with Crippen molar-refractivity contribution in [1.29, 1.82) is 0 Å². The number of nitrogens with zero attached hydrogens (tertiary/aromatic N) is 2. The molecule has 0 unspecified atom stereocenters. The van der Waals surface area contributed by atoms with Gasteiger partial charge in [-0.05, 0) is 24.6 Å². The molecule has 3 aromatic rings. The Kier molecular flexibility index (Phi) is 4.65. The lowest BCUT2D eigenvalue weighted by Crippen LogP contribution is -1.99. The Hall–Kier alpha value is -3.02. The van der Waals surface area contributed by atoms with Crippen LogP contribution in [-0.2, 0) is 6.54 Å². The standard InChI is InChI=1S/C18H19N3O3/c1-12-7-9-13(10-8-12)11-19-18-20-17(21-24-18)14-5-4-6-15(22-2)16(14)23-3/h4-10H,11H2,1-3H3,(H,19,20,21). The second-order valence-electron chi connectivity index (χ2n) is 5.30. The Morgan fingerprint density at radius 3 is 2.54 bits per heavy atom. The van der Waals surface area contributed by atoms with Gasteiger partial charge in [0.1, 0.15) is 0 Å². The summed E-state index contributed by atoms with van der Waals surface area (Å²) in [7, 11) is 3.17. The van der Waals surface area contributed by atoms with Crippen LogP contribution in [0.25, 0.3) is 11.4 Å². The number of aryl methyl sites for hydroxylation is 1. The van der Waals surface area contributed by atoms with Crippen molar-refractivity contribution in [1.82, 2.24) is 10.1 Å². The monoisotopic (exact) mass is 325 g/mol. The Bertz CT molecular complexity index is 813. The fourth-order valence-electron chi connectivity index (χ4n) is 2.35.